The van der Waals surface area contributed by atoms with E-state index in [0.717, 1.165) is 47.3 Å². The Labute approximate surface area is 200 Å². The first-order chi connectivity index (χ1) is 16.0. The van der Waals surface area contributed by atoms with Crippen molar-refractivity contribution in [3.8, 4) is 5.69 Å². The maximum atomic E-state index is 12.5. The number of aromatic nitrogens is 2. The van der Waals surface area contributed by atoms with Crippen molar-refractivity contribution in [1.82, 2.24) is 19.8 Å². The maximum absolute atomic E-state index is 12.5. The number of methoxy groups -OCH3 is 1. The minimum Gasteiger partial charge on any atom is -0.465 e. The van der Waals surface area contributed by atoms with Crippen LogP contribution in [-0.2, 0) is 4.74 Å². The topological polar surface area (TPSA) is 59.4 Å². The summed E-state index contributed by atoms with van der Waals surface area (Å²) >= 11 is 5.77. The Hall–Kier alpha value is -3.19. The predicted molar refractivity (Wildman–Crippen MR) is 134 cm³/mol. The van der Waals surface area contributed by atoms with Crippen LogP contribution in [0.4, 0.5) is 0 Å². The van der Waals surface area contributed by atoms with Crippen molar-refractivity contribution < 1.29 is 9.53 Å². The van der Waals surface area contributed by atoms with Crippen LogP contribution in [0, 0.1) is 13.8 Å². The summed E-state index contributed by atoms with van der Waals surface area (Å²) in [7, 11) is 1.41. The van der Waals surface area contributed by atoms with Crippen molar-refractivity contribution in [2.45, 2.75) is 45.7 Å². The molecule has 3 aromatic rings. The number of carbonyl (C=O) groups is 1. The fourth-order valence-corrected chi connectivity index (χ4v) is 5.05. The largest absolute Gasteiger partial charge is 0.465 e. The van der Waals surface area contributed by atoms with Gasteiger partial charge in [-0.25, -0.2) is 4.79 Å². The fourth-order valence-electron chi connectivity index (χ4n) is 4.72. The third kappa shape index (κ3) is 4.25. The molecule has 33 heavy (non-hydrogen) atoms. The number of nitrogens with one attached hydrogen (secondary N) is 1. The lowest BCUT2D eigenvalue weighted by atomic mass is 9.96. The average Bonchev–Trinajstić information content (AvgIpc) is 3.32. The van der Waals surface area contributed by atoms with Gasteiger partial charge in [-0.15, -0.1) is 0 Å². The summed E-state index contributed by atoms with van der Waals surface area (Å²) in [4.78, 5) is 19.4. The van der Waals surface area contributed by atoms with Crippen LogP contribution in [0.2, 0.25) is 0 Å². The van der Waals surface area contributed by atoms with Crippen molar-refractivity contribution in [1.29, 1.82) is 0 Å². The van der Waals surface area contributed by atoms with E-state index in [4.69, 9.17) is 17.0 Å². The highest BCUT2D eigenvalue weighted by molar-refractivity contribution is 7.80. The van der Waals surface area contributed by atoms with E-state index < -0.39 is 0 Å². The first-order valence-corrected chi connectivity index (χ1v) is 11.7. The molecule has 0 spiro atoms. The quantitative estimate of drug-likeness (QED) is 0.392. The molecule has 2 aromatic heterocycles. The van der Waals surface area contributed by atoms with E-state index in [1.165, 1.54) is 12.7 Å². The van der Waals surface area contributed by atoms with Gasteiger partial charge in [-0.3, -0.25) is 4.98 Å². The van der Waals surface area contributed by atoms with Gasteiger partial charge in [0.1, 0.15) is 0 Å². The molecule has 0 radical (unpaired) electrons. The lowest BCUT2D eigenvalue weighted by Gasteiger charge is -2.28. The second kappa shape index (κ2) is 9.75. The Morgan fingerprint density at radius 1 is 1.18 bits per heavy atom. The number of esters is 1. The second-order valence-corrected chi connectivity index (χ2v) is 8.73. The van der Waals surface area contributed by atoms with E-state index in [9.17, 15) is 4.79 Å². The standard InChI is InChI=1S/C26H30N4O2S/c1-5-6-15-29-24(23(28-26(29)33)21-12-9-10-14-27-21)20-16-17(2)30(18(20)3)22-13-8-7-11-19(22)25(31)32-4/h7-14,16,23-24H,5-6,15H2,1-4H3,(H,28,33)/t23-,24+/m1/s1. The van der Waals surface area contributed by atoms with Gasteiger partial charge in [0.2, 0.25) is 0 Å². The van der Waals surface area contributed by atoms with Gasteiger partial charge in [0.15, 0.2) is 5.11 Å². The van der Waals surface area contributed by atoms with Gasteiger partial charge >= 0.3 is 5.97 Å². The molecular formula is C26H30N4O2S. The smallest absolute Gasteiger partial charge is 0.339 e. The molecule has 3 heterocycles. The summed E-state index contributed by atoms with van der Waals surface area (Å²) in [6, 6.07) is 15.7. The highest BCUT2D eigenvalue weighted by atomic mass is 32.1. The number of aryl methyl sites for hydroxylation is 1. The van der Waals surface area contributed by atoms with Gasteiger partial charge in [0.05, 0.1) is 36.1 Å². The molecule has 1 N–H and O–H groups in total. The van der Waals surface area contributed by atoms with Gasteiger partial charge in [0.25, 0.3) is 0 Å². The van der Waals surface area contributed by atoms with Crippen LogP contribution in [0.3, 0.4) is 0 Å². The van der Waals surface area contributed by atoms with E-state index in [1.807, 2.05) is 42.6 Å². The van der Waals surface area contributed by atoms with Crippen molar-refractivity contribution in [2.75, 3.05) is 13.7 Å². The molecule has 1 fully saturated rings. The lowest BCUT2D eigenvalue weighted by Crippen LogP contribution is -2.30. The molecule has 0 saturated carbocycles. The third-order valence-electron chi connectivity index (χ3n) is 6.29. The molecule has 4 rings (SSSR count). The number of para-hydroxylation sites is 1. The summed E-state index contributed by atoms with van der Waals surface area (Å²) in [6.07, 6.45) is 3.96. The first kappa shape index (κ1) is 23.0. The number of unbranched alkanes of at least 4 members (excludes halogenated alkanes) is 1. The van der Waals surface area contributed by atoms with Gasteiger partial charge in [-0.05, 0) is 68.4 Å². The Balaban J connectivity index is 1.85. The Kier molecular flexibility index (Phi) is 6.79. The maximum Gasteiger partial charge on any atom is 0.339 e. The number of pyridine rings is 1. The molecule has 6 nitrogen and oxygen atoms in total. The predicted octanol–water partition coefficient (Wildman–Crippen LogP) is 5.05. The molecule has 172 valence electrons. The Morgan fingerprint density at radius 2 is 1.94 bits per heavy atom. The average molecular weight is 463 g/mol. The van der Waals surface area contributed by atoms with Crippen LogP contribution in [0.5, 0.6) is 0 Å². The molecule has 1 aromatic carbocycles. The zero-order chi connectivity index (χ0) is 23.5. The fraction of sp³-hybridized carbons (Fsp3) is 0.346. The first-order valence-electron chi connectivity index (χ1n) is 11.3. The number of hydrogen-bond acceptors (Lipinski definition) is 4. The molecule has 0 aliphatic carbocycles. The third-order valence-corrected chi connectivity index (χ3v) is 6.64. The zero-order valence-electron chi connectivity index (χ0n) is 19.5. The van der Waals surface area contributed by atoms with E-state index in [2.05, 4.69) is 46.6 Å². The molecule has 2 atom stereocenters. The molecule has 0 amide bonds. The van der Waals surface area contributed by atoms with Crippen LogP contribution < -0.4 is 5.32 Å². The van der Waals surface area contributed by atoms with Gasteiger partial charge < -0.3 is 19.5 Å². The van der Waals surface area contributed by atoms with Crippen LogP contribution in [0.25, 0.3) is 5.69 Å². The number of benzene rings is 1. The minimum absolute atomic E-state index is 0.00388. The van der Waals surface area contributed by atoms with E-state index in [0.29, 0.717) is 5.56 Å². The normalized spacial score (nSPS) is 17.8. The number of thiocarbonyl (C=S) groups is 1. The van der Waals surface area contributed by atoms with Crippen molar-refractivity contribution in [3.05, 3.63) is 82.9 Å². The molecule has 1 saturated heterocycles. The summed E-state index contributed by atoms with van der Waals surface area (Å²) in [5, 5.41) is 4.28. The summed E-state index contributed by atoms with van der Waals surface area (Å²) in [5.74, 6) is -0.348. The highest BCUT2D eigenvalue weighted by Crippen LogP contribution is 2.41. The van der Waals surface area contributed by atoms with Crippen LogP contribution >= 0.6 is 12.2 Å². The lowest BCUT2D eigenvalue weighted by molar-refractivity contribution is 0.0600. The van der Waals surface area contributed by atoms with Crippen LogP contribution in [0.1, 0.15) is 64.9 Å². The number of ether oxygens (including phenoxy) is 1. The van der Waals surface area contributed by atoms with E-state index in [-0.39, 0.29) is 18.1 Å². The second-order valence-electron chi connectivity index (χ2n) is 8.34. The molecular weight excluding hydrogens is 432 g/mol. The number of hydrogen-bond donors (Lipinski definition) is 1. The van der Waals surface area contributed by atoms with Crippen LogP contribution in [0.15, 0.2) is 54.7 Å². The molecule has 0 bridgehead atoms. The van der Waals surface area contributed by atoms with Gasteiger partial charge in [0, 0.05) is 24.1 Å². The Morgan fingerprint density at radius 3 is 2.64 bits per heavy atom. The van der Waals surface area contributed by atoms with Crippen molar-refractivity contribution in [3.63, 3.8) is 0 Å². The summed E-state index contributed by atoms with van der Waals surface area (Å²) in [5.41, 5.74) is 5.61. The molecule has 0 unspecified atom stereocenters. The number of nitrogens with zero attached hydrogens (tertiary/aromatic N) is 3. The Bertz CT molecular complexity index is 1160. The highest BCUT2D eigenvalue weighted by Gasteiger charge is 2.41. The number of carbonyl (C=O) groups excluding carboxylic acids is 1. The zero-order valence-corrected chi connectivity index (χ0v) is 20.4. The molecule has 7 heteroatoms. The monoisotopic (exact) mass is 462 g/mol. The summed E-state index contributed by atoms with van der Waals surface area (Å²) in [6.45, 7) is 7.23. The van der Waals surface area contributed by atoms with Gasteiger partial charge in [-0.1, -0.05) is 31.5 Å². The molecule has 1 aliphatic heterocycles. The van der Waals surface area contributed by atoms with Crippen molar-refractivity contribution in [2.24, 2.45) is 0 Å². The van der Waals surface area contributed by atoms with E-state index in [1.54, 1.807) is 6.07 Å². The number of rotatable bonds is 7. The summed E-state index contributed by atoms with van der Waals surface area (Å²) < 4.78 is 7.17. The van der Waals surface area contributed by atoms with Gasteiger partial charge in [-0.2, -0.15) is 0 Å². The van der Waals surface area contributed by atoms with Crippen molar-refractivity contribution >= 4 is 23.3 Å². The van der Waals surface area contributed by atoms with Crippen LogP contribution in [-0.4, -0.2) is 39.2 Å². The minimum atomic E-state index is -0.348. The van der Waals surface area contributed by atoms with E-state index >= 15 is 0 Å². The SMILES string of the molecule is CCCCN1C(=S)N[C@H](c2ccccn2)[C@@H]1c1cc(C)n(-c2ccccc2C(=O)OC)c1C. The molecule has 1 aliphatic rings.